The van der Waals surface area contributed by atoms with Crippen molar-refractivity contribution < 1.29 is 0 Å². The fourth-order valence-corrected chi connectivity index (χ4v) is 3.90. The maximum atomic E-state index is 6.33. The topological polar surface area (TPSA) is 38.9 Å². The first kappa shape index (κ1) is 12.8. The molecule has 0 aromatic carbocycles. The van der Waals surface area contributed by atoms with Crippen molar-refractivity contribution in [1.82, 2.24) is 4.98 Å². The van der Waals surface area contributed by atoms with Crippen LogP contribution in [-0.2, 0) is 25.7 Å². The van der Waals surface area contributed by atoms with Gasteiger partial charge in [-0.1, -0.05) is 13.0 Å². The Kier molecular flexibility index (Phi) is 3.67. The van der Waals surface area contributed by atoms with Crippen LogP contribution < -0.4 is 5.73 Å². The van der Waals surface area contributed by atoms with Crippen LogP contribution >= 0.6 is 11.3 Å². The van der Waals surface area contributed by atoms with Gasteiger partial charge < -0.3 is 5.73 Å². The number of nitrogens with zero attached hydrogens (tertiary/aromatic N) is 1. The smallest absolute Gasteiger partial charge is 0.0446 e. The Morgan fingerprint density at radius 2 is 2.26 bits per heavy atom. The number of hydrogen-bond donors (Lipinski definition) is 1. The average Bonchev–Trinajstić information content (AvgIpc) is 3.00. The Hall–Kier alpha value is -1.19. The molecule has 2 aromatic heterocycles. The zero-order valence-corrected chi connectivity index (χ0v) is 12.2. The van der Waals surface area contributed by atoms with Crippen LogP contribution in [0, 0.1) is 0 Å². The van der Waals surface area contributed by atoms with E-state index in [4.69, 9.17) is 5.73 Å². The van der Waals surface area contributed by atoms with Crippen molar-refractivity contribution in [2.24, 2.45) is 5.73 Å². The summed E-state index contributed by atoms with van der Waals surface area (Å²) in [5.74, 6) is 0. The second-order valence-electron chi connectivity index (χ2n) is 5.27. The summed E-state index contributed by atoms with van der Waals surface area (Å²) < 4.78 is 0. The van der Waals surface area contributed by atoms with E-state index in [0.29, 0.717) is 0 Å². The molecule has 0 aliphatic heterocycles. The lowest BCUT2D eigenvalue weighted by Gasteiger charge is -2.09. The Bertz CT molecular complexity index is 535. The van der Waals surface area contributed by atoms with Crippen molar-refractivity contribution in [3.05, 3.63) is 51.0 Å². The van der Waals surface area contributed by atoms with E-state index in [0.717, 1.165) is 18.5 Å². The van der Waals surface area contributed by atoms with Crippen molar-refractivity contribution in [2.75, 3.05) is 0 Å². The predicted molar refractivity (Wildman–Crippen MR) is 80.6 cm³/mol. The molecule has 0 spiro atoms. The standard InChI is InChI=1S/C16H20N2S/c1-2-11-6-7-13(18-10-11)9-14(17)16-8-12-4-3-5-15(12)19-16/h6-8,10,14H,2-5,9,17H2,1H3. The first-order valence-corrected chi connectivity index (χ1v) is 7.88. The van der Waals surface area contributed by atoms with Crippen molar-refractivity contribution >= 4 is 11.3 Å². The molecule has 3 heteroatoms. The first-order chi connectivity index (χ1) is 9.26. The molecule has 1 unspecified atom stereocenters. The molecular formula is C16H20N2S. The number of rotatable bonds is 4. The molecule has 100 valence electrons. The highest BCUT2D eigenvalue weighted by Gasteiger charge is 2.18. The summed E-state index contributed by atoms with van der Waals surface area (Å²) in [5.41, 5.74) is 10.2. The summed E-state index contributed by atoms with van der Waals surface area (Å²) in [5, 5.41) is 0. The molecule has 19 heavy (non-hydrogen) atoms. The van der Waals surface area contributed by atoms with Gasteiger partial charge in [-0.3, -0.25) is 4.98 Å². The summed E-state index contributed by atoms with van der Waals surface area (Å²) in [6, 6.07) is 6.68. The van der Waals surface area contributed by atoms with E-state index in [-0.39, 0.29) is 6.04 Å². The van der Waals surface area contributed by atoms with Crippen LogP contribution in [0.4, 0.5) is 0 Å². The Labute approximate surface area is 118 Å². The number of thiophene rings is 1. The van der Waals surface area contributed by atoms with Crippen LogP contribution in [0.3, 0.4) is 0 Å². The molecule has 0 saturated carbocycles. The third kappa shape index (κ3) is 2.72. The fraction of sp³-hybridized carbons (Fsp3) is 0.438. The Balaban J connectivity index is 1.70. The molecule has 3 rings (SSSR count). The minimum atomic E-state index is 0.0931. The number of fused-ring (bicyclic) bond motifs is 1. The molecule has 2 nitrogen and oxygen atoms in total. The molecule has 1 aliphatic carbocycles. The lowest BCUT2D eigenvalue weighted by atomic mass is 10.1. The number of nitrogens with two attached hydrogens (primary N) is 1. The number of hydrogen-bond acceptors (Lipinski definition) is 3. The van der Waals surface area contributed by atoms with Gasteiger partial charge >= 0.3 is 0 Å². The number of aromatic nitrogens is 1. The number of pyridine rings is 1. The monoisotopic (exact) mass is 272 g/mol. The van der Waals surface area contributed by atoms with Gasteiger partial charge in [-0.25, -0.2) is 0 Å². The molecule has 2 aromatic rings. The summed E-state index contributed by atoms with van der Waals surface area (Å²) in [4.78, 5) is 7.38. The van der Waals surface area contributed by atoms with Gasteiger partial charge in [0.1, 0.15) is 0 Å². The molecule has 0 bridgehead atoms. The third-order valence-corrected chi connectivity index (χ3v) is 5.22. The van der Waals surface area contributed by atoms with Gasteiger partial charge in [0.2, 0.25) is 0 Å². The van der Waals surface area contributed by atoms with Crippen molar-refractivity contribution in [1.29, 1.82) is 0 Å². The molecule has 1 aliphatic rings. The van der Waals surface area contributed by atoms with Crippen molar-refractivity contribution in [3.63, 3.8) is 0 Å². The Morgan fingerprint density at radius 3 is 2.95 bits per heavy atom. The van der Waals surface area contributed by atoms with Crippen LogP contribution in [0.25, 0.3) is 0 Å². The van der Waals surface area contributed by atoms with Crippen LogP contribution in [0.1, 0.15) is 46.0 Å². The minimum absolute atomic E-state index is 0.0931. The molecule has 2 N–H and O–H groups in total. The largest absolute Gasteiger partial charge is 0.323 e. The van der Waals surface area contributed by atoms with E-state index >= 15 is 0 Å². The van der Waals surface area contributed by atoms with E-state index < -0.39 is 0 Å². The SMILES string of the molecule is CCc1ccc(CC(N)c2cc3c(s2)CCC3)nc1. The predicted octanol–water partition coefficient (Wildman–Crippen LogP) is 3.44. The summed E-state index contributed by atoms with van der Waals surface area (Å²) in [6.07, 6.45) is 7.64. The van der Waals surface area contributed by atoms with Crippen molar-refractivity contribution in [2.45, 2.75) is 45.1 Å². The molecule has 0 radical (unpaired) electrons. The molecule has 0 fully saturated rings. The molecule has 0 saturated heterocycles. The molecule has 2 heterocycles. The van der Waals surface area contributed by atoms with E-state index in [1.807, 2.05) is 17.5 Å². The van der Waals surface area contributed by atoms with Gasteiger partial charge in [0.05, 0.1) is 0 Å². The minimum Gasteiger partial charge on any atom is -0.323 e. The van der Waals surface area contributed by atoms with Crippen LogP contribution in [0.2, 0.25) is 0 Å². The molecule has 1 atom stereocenters. The highest BCUT2D eigenvalue weighted by Crippen LogP contribution is 2.33. The first-order valence-electron chi connectivity index (χ1n) is 7.07. The third-order valence-electron chi connectivity index (χ3n) is 3.85. The maximum absolute atomic E-state index is 6.33. The lowest BCUT2D eigenvalue weighted by molar-refractivity contribution is 0.718. The molecule has 0 amide bonds. The normalized spacial score (nSPS) is 15.5. The van der Waals surface area contributed by atoms with Gasteiger partial charge in [0.15, 0.2) is 0 Å². The maximum Gasteiger partial charge on any atom is 0.0446 e. The van der Waals surface area contributed by atoms with Crippen LogP contribution in [-0.4, -0.2) is 4.98 Å². The fourth-order valence-electron chi connectivity index (χ4n) is 2.65. The van der Waals surface area contributed by atoms with Gasteiger partial charge in [0.25, 0.3) is 0 Å². The highest BCUT2D eigenvalue weighted by atomic mass is 32.1. The van der Waals surface area contributed by atoms with Crippen LogP contribution in [0.5, 0.6) is 0 Å². The quantitative estimate of drug-likeness (QED) is 0.926. The highest BCUT2D eigenvalue weighted by molar-refractivity contribution is 7.12. The van der Waals surface area contributed by atoms with Crippen molar-refractivity contribution in [3.8, 4) is 0 Å². The summed E-state index contributed by atoms with van der Waals surface area (Å²) >= 11 is 1.90. The van der Waals surface area contributed by atoms with E-state index in [2.05, 4.69) is 30.1 Å². The van der Waals surface area contributed by atoms with E-state index in [1.54, 1.807) is 4.88 Å². The zero-order valence-electron chi connectivity index (χ0n) is 11.4. The summed E-state index contributed by atoms with van der Waals surface area (Å²) in [6.45, 7) is 2.15. The lowest BCUT2D eigenvalue weighted by Crippen LogP contribution is -2.12. The van der Waals surface area contributed by atoms with Gasteiger partial charge in [0, 0.05) is 34.1 Å². The van der Waals surface area contributed by atoms with Crippen LogP contribution in [0.15, 0.2) is 24.4 Å². The zero-order chi connectivity index (χ0) is 13.2. The second-order valence-corrected chi connectivity index (χ2v) is 6.44. The van der Waals surface area contributed by atoms with E-state index in [1.165, 1.54) is 35.3 Å². The van der Waals surface area contributed by atoms with Gasteiger partial charge in [-0.15, -0.1) is 11.3 Å². The summed E-state index contributed by atoms with van der Waals surface area (Å²) in [7, 11) is 0. The molecular weight excluding hydrogens is 252 g/mol. The second kappa shape index (κ2) is 5.43. The number of aryl methyl sites for hydroxylation is 3. The Morgan fingerprint density at radius 1 is 1.37 bits per heavy atom. The van der Waals surface area contributed by atoms with E-state index in [9.17, 15) is 0 Å². The van der Waals surface area contributed by atoms with Gasteiger partial charge in [-0.2, -0.15) is 0 Å². The average molecular weight is 272 g/mol. The van der Waals surface area contributed by atoms with Gasteiger partial charge in [-0.05, 0) is 48.9 Å².